The van der Waals surface area contributed by atoms with Crippen LogP contribution in [-0.2, 0) is 11.3 Å². The van der Waals surface area contributed by atoms with Crippen LogP contribution < -0.4 is 0 Å². The number of hydrogen-bond acceptors (Lipinski definition) is 4. The van der Waals surface area contributed by atoms with Gasteiger partial charge in [0.15, 0.2) is 6.10 Å². The molecule has 0 unspecified atom stereocenters. The Hall–Kier alpha value is -2.40. The van der Waals surface area contributed by atoms with Crippen LogP contribution in [0.4, 0.5) is 0 Å². The summed E-state index contributed by atoms with van der Waals surface area (Å²) in [6.07, 6.45) is -1.70. The van der Waals surface area contributed by atoms with E-state index in [0.717, 1.165) is 5.56 Å². The standard InChI is InChI=1S/C15H15NO4/c17-14(11-12-7-3-1-4-8-12)15(20-16(18)19)13-9-5-2-6-10-13/h1-10,14-15,17H,11H2/t14-,15+/m1/s1. The first-order valence-corrected chi connectivity index (χ1v) is 6.25. The molecule has 0 aliphatic heterocycles. The molecule has 0 bridgehead atoms. The number of aliphatic hydroxyl groups is 1. The van der Waals surface area contributed by atoms with Crippen molar-refractivity contribution < 1.29 is 15.0 Å². The second-order valence-electron chi connectivity index (χ2n) is 4.42. The van der Waals surface area contributed by atoms with Gasteiger partial charge in [-0.15, -0.1) is 10.1 Å². The molecule has 2 aromatic rings. The number of nitrogens with zero attached hydrogens (tertiary/aromatic N) is 1. The molecule has 104 valence electrons. The van der Waals surface area contributed by atoms with Crippen molar-refractivity contribution in [3.05, 3.63) is 81.9 Å². The molecule has 0 aromatic heterocycles. The van der Waals surface area contributed by atoms with Crippen molar-refractivity contribution in [1.82, 2.24) is 0 Å². The molecule has 0 amide bonds. The van der Waals surface area contributed by atoms with E-state index in [2.05, 4.69) is 4.84 Å². The Bertz CT molecular complexity index is 544. The lowest BCUT2D eigenvalue weighted by Crippen LogP contribution is -2.25. The van der Waals surface area contributed by atoms with Gasteiger partial charge in [-0.3, -0.25) is 0 Å². The normalized spacial score (nSPS) is 13.4. The van der Waals surface area contributed by atoms with Gasteiger partial charge in [-0.1, -0.05) is 60.7 Å². The third-order valence-electron chi connectivity index (χ3n) is 2.96. The van der Waals surface area contributed by atoms with Gasteiger partial charge in [-0.2, -0.15) is 0 Å². The van der Waals surface area contributed by atoms with Crippen molar-refractivity contribution in [3.8, 4) is 0 Å². The zero-order valence-electron chi connectivity index (χ0n) is 10.8. The molecule has 0 heterocycles. The summed E-state index contributed by atoms with van der Waals surface area (Å²) in [6, 6.07) is 18.0. The average molecular weight is 273 g/mol. The Morgan fingerprint density at radius 2 is 1.60 bits per heavy atom. The summed E-state index contributed by atoms with van der Waals surface area (Å²) >= 11 is 0. The quantitative estimate of drug-likeness (QED) is 0.648. The SMILES string of the molecule is O=[N+]([O-])O[C@@H](c1ccccc1)[C@H](O)Cc1ccccc1. The Morgan fingerprint density at radius 1 is 1.05 bits per heavy atom. The van der Waals surface area contributed by atoms with Gasteiger partial charge in [0.2, 0.25) is 0 Å². The first-order chi connectivity index (χ1) is 9.66. The minimum Gasteiger partial charge on any atom is -0.390 e. The fraction of sp³-hybridized carbons (Fsp3) is 0.200. The molecular weight excluding hydrogens is 258 g/mol. The fourth-order valence-corrected chi connectivity index (χ4v) is 2.05. The molecule has 2 rings (SSSR count). The molecule has 0 radical (unpaired) electrons. The van der Waals surface area contributed by atoms with Crippen LogP contribution in [0.5, 0.6) is 0 Å². The summed E-state index contributed by atoms with van der Waals surface area (Å²) in [5.74, 6) is 0. The van der Waals surface area contributed by atoms with E-state index in [1.54, 1.807) is 30.3 Å². The predicted octanol–water partition coefficient (Wildman–Crippen LogP) is 2.54. The zero-order valence-corrected chi connectivity index (χ0v) is 10.8. The van der Waals surface area contributed by atoms with Gasteiger partial charge in [0.05, 0.1) is 6.10 Å². The lowest BCUT2D eigenvalue weighted by molar-refractivity contribution is -0.773. The van der Waals surface area contributed by atoms with Gasteiger partial charge in [0.25, 0.3) is 5.09 Å². The Labute approximate surface area is 116 Å². The minimum atomic E-state index is -0.995. The summed E-state index contributed by atoms with van der Waals surface area (Å²) < 4.78 is 0. The van der Waals surface area contributed by atoms with E-state index in [9.17, 15) is 15.2 Å². The maximum absolute atomic E-state index is 10.6. The highest BCUT2D eigenvalue weighted by atomic mass is 17.0. The molecule has 20 heavy (non-hydrogen) atoms. The van der Waals surface area contributed by atoms with Gasteiger partial charge in [-0.05, 0) is 11.1 Å². The molecule has 2 atom stereocenters. The zero-order chi connectivity index (χ0) is 14.4. The molecule has 0 spiro atoms. The molecule has 0 saturated heterocycles. The monoisotopic (exact) mass is 273 g/mol. The van der Waals surface area contributed by atoms with Crippen LogP contribution in [0, 0.1) is 10.1 Å². The Morgan fingerprint density at radius 3 is 2.15 bits per heavy atom. The lowest BCUT2D eigenvalue weighted by atomic mass is 9.98. The van der Waals surface area contributed by atoms with Gasteiger partial charge in [0.1, 0.15) is 0 Å². The lowest BCUT2D eigenvalue weighted by Gasteiger charge is -2.21. The van der Waals surface area contributed by atoms with Crippen LogP contribution in [0.2, 0.25) is 0 Å². The highest BCUT2D eigenvalue weighted by molar-refractivity contribution is 5.21. The maximum Gasteiger partial charge on any atom is 0.295 e. The molecule has 0 fully saturated rings. The largest absolute Gasteiger partial charge is 0.390 e. The second-order valence-corrected chi connectivity index (χ2v) is 4.42. The maximum atomic E-state index is 10.6. The third kappa shape index (κ3) is 3.80. The molecule has 0 aliphatic carbocycles. The summed E-state index contributed by atoms with van der Waals surface area (Å²) in [7, 11) is 0. The third-order valence-corrected chi connectivity index (χ3v) is 2.96. The molecule has 1 N–H and O–H groups in total. The van der Waals surface area contributed by atoms with Gasteiger partial charge in [0, 0.05) is 6.42 Å². The van der Waals surface area contributed by atoms with E-state index in [-0.39, 0.29) is 6.42 Å². The van der Waals surface area contributed by atoms with Crippen molar-refractivity contribution in [2.45, 2.75) is 18.6 Å². The average Bonchev–Trinajstić information content (AvgIpc) is 2.46. The van der Waals surface area contributed by atoms with Crippen LogP contribution in [0.1, 0.15) is 17.2 Å². The van der Waals surface area contributed by atoms with Crippen molar-refractivity contribution in [2.24, 2.45) is 0 Å². The van der Waals surface area contributed by atoms with Gasteiger partial charge in [-0.25, -0.2) is 0 Å². The van der Waals surface area contributed by atoms with Crippen LogP contribution in [0.15, 0.2) is 60.7 Å². The summed E-state index contributed by atoms with van der Waals surface area (Å²) in [4.78, 5) is 15.3. The Kier molecular flexibility index (Phi) is 4.68. The molecule has 0 saturated carbocycles. The molecule has 5 heteroatoms. The van der Waals surface area contributed by atoms with E-state index in [1.807, 2.05) is 30.3 Å². The van der Waals surface area contributed by atoms with Gasteiger partial charge < -0.3 is 9.94 Å². The van der Waals surface area contributed by atoms with E-state index in [1.165, 1.54) is 0 Å². The van der Waals surface area contributed by atoms with Crippen molar-refractivity contribution in [2.75, 3.05) is 0 Å². The highest BCUT2D eigenvalue weighted by Gasteiger charge is 2.25. The topological polar surface area (TPSA) is 72.6 Å². The van der Waals surface area contributed by atoms with E-state index in [4.69, 9.17) is 0 Å². The van der Waals surface area contributed by atoms with Crippen LogP contribution in [-0.4, -0.2) is 16.3 Å². The number of rotatable bonds is 6. The smallest absolute Gasteiger partial charge is 0.295 e. The van der Waals surface area contributed by atoms with E-state index in [0.29, 0.717) is 5.56 Å². The molecule has 5 nitrogen and oxygen atoms in total. The van der Waals surface area contributed by atoms with Crippen molar-refractivity contribution in [3.63, 3.8) is 0 Å². The predicted molar refractivity (Wildman–Crippen MR) is 73.4 cm³/mol. The van der Waals surface area contributed by atoms with Crippen molar-refractivity contribution in [1.29, 1.82) is 0 Å². The first kappa shape index (κ1) is 14.0. The number of hydrogen-bond donors (Lipinski definition) is 1. The van der Waals surface area contributed by atoms with Crippen LogP contribution in [0.3, 0.4) is 0 Å². The van der Waals surface area contributed by atoms with E-state index >= 15 is 0 Å². The number of aliphatic hydroxyl groups excluding tert-OH is 1. The fourth-order valence-electron chi connectivity index (χ4n) is 2.05. The summed E-state index contributed by atoms with van der Waals surface area (Å²) in [5, 5.41) is 20.0. The summed E-state index contributed by atoms with van der Waals surface area (Å²) in [5.41, 5.74) is 1.47. The Balaban J connectivity index is 2.16. The van der Waals surface area contributed by atoms with Gasteiger partial charge >= 0.3 is 0 Å². The van der Waals surface area contributed by atoms with Crippen LogP contribution >= 0.6 is 0 Å². The van der Waals surface area contributed by atoms with E-state index < -0.39 is 17.3 Å². The second kappa shape index (κ2) is 6.68. The number of benzene rings is 2. The first-order valence-electron chi connectivity index (χ1n) is 6.25. The highest BCUT2D eigenvalue weighted by Crippen LogP contribution is 2.23. The molecule has 0 aliphatic rings. The molecular formula is C15H15NO4. The summed E-state index contributed by atoms with van der Waals surface area (Å²) in [6.45, 7) is 0. The van der Waals surface area contributed by atoms with Crippen molar-refractivity contribution >= 4 is 0 Å². The molecule has 2 aromatic carbocycles. The van der Waals surface area contributed by atoms with Crippen LogP contribution in [0.25, 0.3) is 0 Å². The minimum absolute atomic E-state index is 0.286.